The number of halogens is 2. The Morgan fingerprint density at radius 2 is 2.07 bits per heavy atom. The Kier molecular flexibility index (Phi) is 2.37. The van der Waals surface area contributed by atoms with Gasteiger partial charge in [-0.25, -0.2) is 8.78 Å². The molecule has 0 aliphatic heterocycles. The van der Waals surface area contributed by atoms with Gasteiger partial charge in [-0.2, -0.15) is 0 Å². The van der Waals surface area contributed by atoms with E-state index in [1.807, 2.05) is 6.92 Å². The summed E-state index contributed by atoms with van der Waals surface area (Å²) in [5.41, 5.74) is 1.37. The second kappa shape index (κ2) is 3.44. The van der Waals surface area contributed by atoms with Crippen molar-refractivity contribution in [1.82, 2.24) is 0 Å². The van der Waals surface area contributed by atoms with E-state index in [9.17, 15) is 8.78 Å². The van der Waals surface area contributed by atoms with Gasteiger partial charge in [-0.1, -0.05) is 17.7 Å². The Balaban J connectivity index is 2.37. The van der Waals surface area contributed by atoms with Crippen LogP contribution in [0.1, 0.15) is 31.7 Å². The lowest BCUT2D eigenvalue weighted by Gasteiger charge is -2.16. The third kappa shape index (κ3) is 1.81. The molecule has 0 amide bonds. The molecule has 1 aromatic carbocycles. The number of allylic oxidation sites excluding steroid dienone is 1. The van der Waals surface area contributed by atoms with E-state index in [4.69, 9.17) is 0 Å². The van der Waals surface area contributed by atoms with E-state index in [0.29, 0.717) is 5.56 Å². The molecule has 1 aromatic rings. The Bertz CT molecular complexity index is 403. The van der Waals surface area contributed by atoms with Crippen LogP contribution < -0.4 is 0 Å². The van der Waals surface area contributed by atoms with Crippen LogP contribution in [0.3, 0.4) is 0 Å². The number of benzene rings is 1. The zero-order chi connectivity index (χ0) is 11.1. The van der Waals surface area contributed by atoms with Gasteiger partial charge in [-0.05, 0) is 37.8 Å². The Morgan fingerprint density at radius 3 is 2.60 bits per heavy atom. The van der Waals surface area contributed by atoms with Crippen molar-refractivity contribution in [3.05, 3.63) is 47.5 Å². The van der Waals surface area contributed by atoms with E-state index in [1.54, 1.807) is 12.1 Å². The van der Waals surface area contributed by atoms with E-state index in [1.165, 1.54) is 0 Å². The van der Waals surface area contributed by atoms with Crippen LogP contribution in [0.15, 0.2) is 30.4 Å². The van der Waals surface area contributed by atoms with Crippen molar-refractivity contribution in [1.29, 1.82) is 0 Å². The Labute approximate surface area is 88.6 Å². The van der Waals surface area contributed by atoms with Crippen LogP contribution in [0.25, 0.3) is 0 Å². The lowest BCUT2D eigenvalue weighted by Crippen LogP contribution is -2.10. The van der Waals surface area contributed by atoms with Crippen LogP contribution in [-0.4, -0.2) is 0 Å². The van der Waals surface area contributed by atoms with Crippen molar-refractivity contribution in [2.24, 2.45) is 0 Å². The molecule has 2 heteroatoms. The second-order valence-electron chi connectivity index (χ2n) is 4.52. The third-order valence-corrected chi connectivity index (χ3v) is 3.02. The molecule has 2 rings (SSSR count). The molecule has 1 aliphatic rings. The van der Waals surface area contributed by atoms with Gasteiger partial charge in [-0.3, -0.25) is 0 Å². The van der Waals surface area contributed by atoms with Crippen molar-refractivity contribution in [3.63, 3.8) is 0 Å². The van der Waals surface area contributed by atoms with Crippen LogP contribution in [0.2, 0.25) is 0 Å². The minimum atomic E-state index is -0.750. The van der Waals surface area contributed by atoms with E-state index < -0.39 is 11.6 Å². The van der Waals surface area contributed by atoms with Gasteiger partial charge in [0.2, 0.25) is 0 Å². The molecule has 0 bridgehead atoms. The summed E-state index contributed by atoms with van der Waals surface area (Å²) in [6.07, 6.45) is 2.62. The molecule has 0 aromatic heterocycles. The first-order chi connectivity index (χ1) is 7.05. The molecular weight excluding hydrogens is 194 g/mol. The minimum absolute atomic E-state index is 0.169. The lowest BCUT2D eigenvalue weighted by atomic mass is 9.89. The highest BCUT2D eigenvalue weighted by Gasteiger charge is 2.45. The maximum atomic E-state index is 13.6. The molecular formula is C13H14F2. The predicted molar refractivity (Wildman–Crippen MR) is 56.7 cm³/mol. The van der Waals surface area contributed by atoms with Crippen molar-refractivity contribution in [2.75, 3.05) is 0 Å². The van der Waals surface area contributed by atoms with Gasteiger partial charge in [-0.15, -0.1) is 6.58 Å². The summed E-state index contributed by atoms with van der Waals surface area (Å²) in [5.74, 6) is -1.43. The van der Waals surface area contributed by atoms with Crippen molar-refractivity contribution >= 4 is 0 Å². The van der Waals surface area contributed by atoms with E-state index in [2.05, 4.69) is 6.58 Å². The largest absolute Gasteiger partial charge is 0.204 e. The summed E-state index contributed by atoms with van der Waals surface area (Å²) in [5, 5.41) is 0. The van der Waals surface area contributed by atoms with Crippen molar-refractivity contribution in [2.45, 2.75) is 31.6 Å². The molecule has 0 spiro atoms. The Hall–Kier alpha value is -1.18. The van der Waals surface area contributed by atoms with Crippen molar-refractivity contribution < 1.29 is 8.78 Å². The number of rotatable bonds is 3. The van der Waals surface area contributed by atoms with Gasteiger partial charge < -0.3 is 0 Å². The van der Waals surface area contributed by atoms with Gasteiger partial charge in [0, 0.05) is 5.41 Å². The van der Waals surface area contributed by atoms with Gasteiger partial charge >= 0.3 is 0 Å². The standard InChI is InChI=1S/C13H14F2/c1-9(2)8-13(6-7-13)10-4-3-5-11(14)12(10)15/h3-5H,1,6-8H2,2H3. The molecule has 0 radical (unpaired) electrons. The zero-order valence-electron chi connectivity index (χ0n) is 8.82. The average Bonchev–Trinajstić information content (AvgIpc) is 2.89. The molecule has 0 heterocycles. The summed E-state index contributed by atoms with van der Waals surface area (Å²) in [4.78, 5) is 0. The summed E-state index contributed by atoms with van der Waals surface area (Å²) in [6.45, 7) is 5.77. The van der Waals surface area contributed by atoms with Crippen molar-refractivity contribution in [3.8, 4) is 0 Å². The van der Waals surface area contributed by atoms with E-state index >= 15 is 0 Å². The van der Waals surface area contributed by atoms with Crippen LogP contribution in [0.5, 0.6) is 0 Å². The molecule has 15 heavy (non-hydrogen) atoms. The molecule has 80 valence electrons. The SMILES string of the molecule is C=C(C)CC1(c2cccc(F)c2F)CC1. The quantitative estimate of drug-likeness (QED) is 0.659. The molecule has 0 unspecified atom stereocenters. The van der Waals surface area contributed by atoms with Gasteiger partial charge in [0.15, 0.2) is 11.6 Å². The molecule has 0 N–H and O–H groups in total. The second-order valence-corrected chi connectivity index (χ2v) is 4.52. The van der Waals surface area contributed by atoms with Gasteiger partial charge in [0.05, 0.1) is 0 Å². The fourth-order valence-electron chi connectivity index (χ4n) is 2.18. The molecule has 1 saturated carbocycles. The molecule has 1 fully saturated rings. The number of hydrogen-bond donors (Lipinski definition) is 0. The first-order valence-electron chi connectivity index (χ1n) is 5.14. The molecule has 0 saturated heterocycles. The fourth-order valence-corrected chi connectivity index (χ4v) is 2.18. The normalized spacial score (nSPS) is 17.5. The first kappa shape index (κ1) is 10.3. The van der Waals surface area contributed by atoms with Crippen LogP contribution in [0.4, 0.5) is 8.78 Å². The monoisotopic (exact) mass is 208 g/mol. The summed E-state index contributed by atoms with van der Waals surface area (Å²) < 4.78 is 26.7. The fraction of sp³-hybridized carbons (Fsp3) is 0.385. The van der Waals surface area contributed by atoms with E-state index in [-0.39, 0.29) is 5.41 Å². The topological polar surface area (TPSA) is 0 Å². The highest BCUT2D eigenvalue weighted by Crippen LogP contribution is 2.53. The van der Waals surface area contributed by atoms with Gasteiger partial charge in [0.1, 0.15) is 0 Å². The first-order valence-corrected chi connectivity index (χ1v) is 5.14. The zero-order valence-corrected chi connectivity index (χ0v) is 8.82. The highest BCUT2D eigenvalue weighted by molar-refractivity contribution is 5.34. The Morgan fingerprint density at radius 1 is 1.40 bits per heavy atom. The summed E-state index contributed by atoms with van der Waals surface area (Å²) in [6, 6.07) is 4.43. The molecule has 0 nitrogen and oxygen atoms in total. The third-order valence-electron chi connectivity index (χ3n) is 3.02. The maximum Gasteiger partial charge on any atom is 0.162 e. The average molecular weight is 208 g/mol. The van der Waals surface area contributed by atoms with Crippen LogP contribution >= 0.6 is 0 Å². The highest BCUT2D eigenvalue weighted by atomic mass is 19.2. The van der Waals surface area contributed by atoms with Crippen LogP contribution in [-0.2, 0) is 5.41 Å². The smallest absolute Gasteiger partial charge is 0.162 e. The molecule has 0 atom stereocenters. The molecule has 1 aliphatic carbocycles. The van der Waals surface area contributed by atoms with Gasteiger partial charge in [0.25, 0.3) is 0 Å². The summed E-state index contributed by atoms with van der Waals surface area (Å²) in [7, 11) is 0. The van der Waals surface area contributed by atoms with Crippen LogP contribution in [0, 0.1) is 11.6 Å². The maximum absolute atomic E-state index is 13.6. The minimum Gasteiger partial charge on any atom is -0.204 e. The number of hydrogen-bond acceptors (Lipinski definition) is 0. The van der Waals surface area contributed by atoms with E-state index in [0.717, 1.165) is 30.9 Å². The predicted octanol–water partition coefficient (Wildman–Crippen LogP) is 3.96. The lowest BCUT2D eigenvalue weighted by molar-refractivity contribution is 0.482. The summed E-state index contributed by atoms with van der Waals surface area (Å²) >= 11 is 0.